The van der Waals surface area contributed by atoms with Gasteiger partial charge in [0.2, 0.25) is 0 Å². The van der Waals surface area contributed by atoms with Gasteiger partial charge in [0.05, 0.1) is 6.20 Å². The van der Waals surface area contributed by atoms with Crippen molar-refractivity contribution in [3.05, 3.63) is 24.5 Å². The first-order valence-electron chi connectivity index (χ1n) is 2.72. The van der Waals surface area contributed by atoms with Gasteiger partial charge in [-0.2, -0.15) is 0 Å². The molecule has 1 heterocycles. The lowest BCUT2D eigenvalue weighted by Crippen LogP contribution is -2.20. The molecule has 0 radical (unpaired) electrons. The largest absolute Gasteiger partial charge is 0.707 e. The summed E-state index contributed by atoms with van der Waals surface area (Å²) in [5.41, 5.74) is 0. The van der Waals surface area contributed by atoms with E-state index in [1.54, 1.807) is 18.3 Å². The van der Waals surface area contributed by atoms with Crippen LogP contribution in [0, 0.1) is 0 Å². The molecule has 10 heavy (non-hydrogen) atoms. The van der Waals surface area contributed by atoms with Crippen molar-refractivity contribution in [1.29, 1.82) is 0 Å². The fraction of sp³-hybridized carbons (Fsp3) is 0. The summed E-state index contributed by atoms with van der Waals surface area (Å²) in [5.74, 6) is 0.331. The van der Waals surface area contributed by atoms with E-state index in [4.69, 9.17) is 10.0 Å². The lowest BCUT2D eigenvalue weighted by atomic mass is 10.2. The maximum absolute atomic E-state index is 8.31. The number of hydrogen-bond donors (Lipinski definition) is 2. The Bertz CT molecular complexity index is 191. The number of pyridine rings is 1. The fourth-order valence-electron chi connectivity index (χ4n) is 0.539. The molecule has 2 N–H and O–H groups in total. The van der Waals surface area contributed by atoms with Gasteiger partial charge in [-0.05, 0) is 12.1 Å². The molecule has 4 nitrogen and oxygen atoms in total. The minimum absolute atomic E-state index is 0.331. The zero-order valence-corrected chi connectivity index (χ0v) is 5.14. The van der Waals surface area contributed by atoms with Gasteiger partial charge in [0.15, 0.2) is 0 Å². The summed E-state index contributed by atoms with van der Waals surface area (Å²) in [4.78, 5) is 3.69. The molecule has 0 bridgehead atoms. The lowest BCUT2D eigenvalue weighted by Gasteiger charge is -2.01. The maximum atomic E-state index is 8.31. The van der Waals surface area contributed by atoms with E-state index in [0.717, 1.165) is 0 Å². The van der Waals surface area contributed by atoms with Crippen molar-refractivity contribution in [2.75, 3.05) is 0 Å². The Balaban J connectivity index is 2.59. The Kier molecular flexibility index (Phi) is 2.25. The van der Waals surface area contributed by atoms with Crippen LogP contribution in [0.1, 0.15) is 0 Å². The van der Waals surface area contributed by atoms with E-state index in [0.29, 0.717) is 5.75 Å². The normalized spacial score (nSPS) is 9.00. The van der Waals surface area contributed by atoms with Crippen LogP contribution in [0.2, 0.25) is 0 Å². The van der Waals surface area contributed by atoms with E-state index < -0.39 is 7.32 Å². The molecule has 0 atom stereocenters. The van der Waals surface area contributed by atoms with Crippen molar-refractivity contribution >= 4 is 7.32 Å². The van der Waals surface area contributed by atoms with Gasteiger partial charge in [-0.3, -0.25) is 4.98 Å². The number of nitrogens with zero attached hydrogens (tertiary/aromatic N) is 1. The van der Waals surface area contributed by atoms with Crippen molar-refractivity contribution in [3.63, 3.8) is 0 Å². The molecular weight excluding hydrogens is 133 g/mol. The van der Waals surface area contributed by atoms with Crippen LogP contribution in [-0.2, 0) is 0 Å². The molecule has 0 saturated heterocycles. The number of rotatable bonds is 2. The van der Waals surface area contributed by atoms with Crippen LogP contribution in [-0.4, -0.2) is 22.4 Å². The lowest BCUT2D eigenvalue weighted by molar-refractivity contribution is 0.287. The summed E-state index contributed by atoms with van der Waals surface area (Å²) in [6.07, 6.45) is 2.95. The van der Waals surface area contributed by atoms with Gasteiger partial charge < -0.3 is 14.7 Å². The maximum Gasteiger partial charge on any atom is 0.707 e. The fourth-order valence-corrected chi connectivity index (χ4v) is 0.539. The van der Waals surface area contributed by atoms with Gasteiger partial charge in [-0.1, -0.05) is 0 Å². The first kappa shape index (κ1) is 7.05. The van der Waals surface area contributed by atoms with Crippen LogP contribution < -0.4 is 4.65 Å². The first-order valence-corrected chi connectivity index (χ1v) is 2.72. The molecule has 0 aliphatic rings. The second-order valence-corrected chi connectivity index (χ2v) is 1.63. The highest BCUT2D eigenvalue weighted by molar-refractivity contribution is 6.33. The predicted molar refractivity (Wildman–Crippen MR) is 35.1 cm³/mol. The van der Waals surface area contributed by atoms with Crippen LogP contribution in [0.15, 0.2) is 24.5 Å². The smallest absolute Gasteiger partial charge is 0.511 e. The Hall–Kier alpha value is -1.07. The molecule has 1 aromatic rings. The molecular formula is C5H6BNO3. The molecule has 1 rings (SSSR count). The van der Waals surface area contributed by atoms with Crippen LogP contribution in [0.4, 0.5) is 0 Å². The van der Waals surface area contributed by atoms with E-state index in [1.807, 2.05) is 0 Å². The Morgan fingerprint density at radius 2 is 2.30 bits per heavy atom. The average molecular weight is 139 g/mol. The van der Waals surface area contributed by atoms with Crippen molar-refractivity contribution in [2.45, 2.75) is 0 Å². The van der Waals surface area contributed by atoms with Crippen molar-refractivity contribution in [1.82, 2.24) is 4.98 Å². The monoisotopic (exact) mass is 139 g/mol. The standard InChI is InChI=1S/C5H6BNO3/c8-6(9)10-5-2-1-3-7-4-5/h1-4,8-9H. The quantitative estimate of drug-likeness (QED) is 0.538. The number of aromatic nitrogens is 1. The highest BCUT2D eigenvalue weighted by Gasteiger charge is 2.09. The van der Waals surface area contributed by atoms with Gasteiger partial charge >= 0.3 is 7.32 Å². The SMILES string of the molecule is OB(O)Oc1cccnc1. The molecule has 0 amide bonds. The highest BCUT2D eigenvalue weighted by Crippen LogP contribution is 2.05. The van der Waals surface area contributed by atoms with Crippen LogP contribution in [0.5, 0.6) is 5.75 Å². The molecule has 0 saturated carbocycles. The first-order chi connectivity index (χ1) is 4.79. The molecule has 0 unspecified atom stereocenters. The average Bonchev–Trinajstić information content (AvgIpc) is 1.88. The molecule has 0 spiro atoms. The molecule has 0 aliphatic carbocycles. The summed E-state index contributed by atoms with van der Waals surface area (Å²) in [5, 5.41) is 16.6. The summed E-state index contributed by atoms with van der Waals surface area (Å²) in [7, 11) is -1.77. The third-order valence-electron chi connectivity index (χ3n) is 0.876. The van der Waals surface area contributed by atoms with Gasteiger partial charge in [-0.25, -0.2) is 0 Å². The molecule has 0 aliphatic heterocycles. The van der Waals surface area contributed by atoms with Crippen LogP contribution >= 0.6 is 0 Å². The van der Waals surface area contributed by atoms with Crippen LogP contribution in [0.25, 0.3) is 0 Å². The second-order valence-electron chi connectivity index (χ2n) is 1.63. The zero-order chi connectivity index (χ0) is 7.40. The zero-order valence-electron chi connectivity index (χ0n) is 5.14. The van der Waals surface area contributed by atoms with Gasteiger partial charge in [0.25, 0.3) is 0 Å². The molecule has 0 aromatic carbocycles. The molecule has 0 fully saturated rings. The third kappa shape index (κ3) is 2.04. The number of hydrogen-bond acceptors (Lipinski definition) is 4. The Morgan fingerprint density at radius 3 is 2.80 bits per heavy atom. The van der Waals surface area contributed by atoms with Gasteiger partial charge in [0.1, 0.15) is 5.75 Å². The summed E-state index contributed by atoms with van der Waals surface area (Å²) >= 11 is 0. The highest BCUT2D eigenvalue weighted by atomic mass is 16.6. The van der Waals surface area contributed by atoms with Crippen molar-refractivity contribution in [3.8, 4) is 5.75 Å². The Labute approximate surface area is 58.3 Å². The molecule has 1 aromatic heterocycles. The Morgan fingerprint density at radius 1 is 1.50 bits per heavy atom. The van der Waals surface area contributed by atoms with Crippen molar-refractivity contribution in [2.24, 2.45) is 0 Å². The minimum Gasteiger partial charge on any atom is -0.511 e. The van der Waals surface area contributed by atoms with Gasteiger partial charge in [0, 0.05) is 6.20 Å². The van der Waals surface area contributed by atoms with E-state index in [1.165, 1.54) is 6.20 Å². The topological polar surface area (TPSA) is 62.6 Å². The summed E-state index contributed by atoms with van der Waals surface area (Å²) in [6.45, 7) is 0. The minimum atomic E-state index is -1.77. The van der Waals surface area contributed by atoms with E-state index >= 15 is 0 Å². The van der Waals surface area contributed by atoms with E-state index in [-0.39, 0.29) is 0 Å². The van der Waals surface area contributed by atoms with Crippen LogP contribution in [0.3, 0.4) is 0 Å². The third-order valence-corrected chi connectivity index (χ3v) is 0.876. The summed E-state index contributed by atoms with van der Waals surface area (Å²) < 4.78 is 4.46. The summed E-state index contributed by atoms with van der Waals surface area (Å²) in [6, 6.07) is 3.21. The van der Waals surface area contributed by atoms with Gasteiger partial charge in [-0.15, -0.1) is 0 Å². The molecule has 5 heteroatoms. The predicted octanol–water partition coefficient (Wildman–Crippen LogP) is -0.570. The van der Waals surface area contributed by atoms with E-state index in [2.05, 4.69) is 9.64 Å². The second kappa shape index (κ2) is 3.19. The van der Waals surface area contributed by atoms with Crippen molar-refractivity contribution < 1.29 is 14.7 Å². The van der Waals surface area contributed by atoms with E-state index in [9.17, 15) is 0 Å². The molecule has 52 valence electrons.